The van der Waals surface area contributed by atoms with Gasteiger partial charge in [0.05, 0.1) is 11.9 Å². The molecule has 0 spiro atoms. The fourth-order valence-electron chi connectivity index (χ4n) is 2.06. The minimum atomic E-state index is -0.0178. The first kappa shape index (κ1) is 15.0. The van der Waals surface area contributed by atoms with Gasteiger partial charge in [-0.3, -0.25) is 9.98 Å². The maximum atomic E-state index is 10.1. The van der Waals surface area contributed by atoms with E-state index in [2.05, 4.69) is 15.1 Å². The highest BCUT2D eigenvalue weighted by atomic mass is 32.1. The summed E-state index contributed by atoms with van der Waals surface area (Å²) in [5, 5.41) is 25.8. The van der Waals surface area contributed by atoms with E-state index in [1.807, 2.05) is 17.5 Å². The largest absolute Gasteiger partial charge is 0.508 e. The molecule has 2 aromatic heterocycles. The number of phenols is 2. The molecule has 0 radical (unpaired) electrons. The van der Waals surface area contributed by atoms with Crippen LogP contribution in [0, 0.1) is 0 Å². The van der Waals surface area contributed by atoms with E-state index in [0.717, 1.165) is 5.56 Å². The number of benzene rings is 1. The normalized spacial score (nSPS) is 12.1. The van der Waals surface area contributed by atoms with E-state index < -0.39 is 0 Å². The van der Waals surface area contributed by atoms with Crippen molar-refractivity contribution in [2.45, 2.75) is 0 Å². The summed E-state index contributed by atoms with van der Waals surface area (Å²) < 4.78 is 1.64. The second-order valence-corrected chi connectivity index (χ2v) is 5.51. The molecule has 3 rings (SSSR count). The Morgan fingerprint density at radius 3 is 2.83 bits per heavy atom. The maximum Gasteiger partial charge on any atom is 0.205 e. The zero-order chi connectivity index (χ0) is 16.2. The van der Waals surface area contributed by atoms with Crippen molar-refractivity contribution in [2.24, 2.45) is 10.1 Å². The number of aromatic hydroxyl groups is 2. The van der Waals surface area contributed by atoms with Gasteiger partial charge in [0.15, 0.2) is 0 Å². The van der Waals surface area contributed by atoms with Gasteiger partial charge in [-0.1, -0.05) is 6.07 Å². The molecule has 0 bridgehead atoms. The smallest absolute Gasteiger partial charge is 0.205 e. The van der Waals surface area contributed by atoms with Crippen molar-refractivity contribution >= 4 is 17.6 Å². The second kappa shape index (κ2) is 6.45. The molecule has 2 N–H and O–H groups in total. The van der Waals surface area contributed by atoms with Crippen molar-refractivity contribution in [3.8, 4) is 22.8 Å². The van der Waals surface area contributed by atoms with Gasteiger partial charge >= 0.3 is 0 Å². The molecule has 7 heteroatoms. The first-order chi connectivity index (χ1) is 11.2. The van der Waals surface area contributed by atoms with Crippen molar-refractivity contribution in [1.29, 1.82) is 0 Å². The Hall–Kier alpha value is -2.93. The van der Waals surface area contributed by atoms with E-state index in [4.69, 9.17) is 0 Å². The number of pyridine rings is 1. The lowest BCUT2D eigenvalue weighted by molar-refractivity contribution is 0.451. The van der Waals surface area contributed by atoms with Crippen LogP contribution in [0.3, 0.4) is 0 Å². The number of thiazole rings is 1. The van der Waals surface area contributed by atoms with Gasteiger partial charge in [-0.05, 0) is 18.2 Å². The van der Waals surface area contributed by atoms with Crippen LogP contribution in [0.25, 0.3) is 11.3 Å². The lowest BCUT2D eigenvalue weighted by Crippen LogP contribution is -2.11. The molecule has 0 fully saturated rings. The summed E-state index contributed by atoms with van der Waals surface area (Å²) in [6.45, 7) is 0. The SMILES string of the molecule is CN=c1scc(-c2ccc(O)cc2O)n1N=Cc1cccnc1. The van der Waals surface area contributed by atoms with E-state index in [1.165, 1.54) is 23.5 Å². The Morgan fingerprint density at radius 2 is 2.13 bits per heavy atom. The quantitative estimate of drug-likeness (QED) is 0.725. The van der Waals surface area contributed by atoms with E-state index in [1.54, 1.807) is 36.4 Å². The van der Waals surface area contributed by atoms with Gasteiger partial charge in [-0.2, -0.15) is 5.10 Å². The molecular formula is C16H14N4O2S. The Kier molecular flexibility index (Phi) is 4.20. The number of rotatable bonds is 3. The van der Waals surface area contributed by atoms with Crippen LogP contribution in [-0.4, -0.2) is 33.1 Å². The first-order valence-electron chi connectivity index (χ1n) is 6.79. The lowest BCUT2D eigenvalue weighted by atomic mass is 10.1. The van der Waals surface area contributed by atoms with Crippen LogP contribution in [0.15, 0.2) is 58.2 Å². The summed E-state index contributed by atoms with van der Waals surface area (Å²) in [6, 6.07) is 8.18. The Labute approximate surface area is 136 Å². The fraction of sp³-hybridized carbons (Fsp3) is 0.0625. The molecule has 3 aromatic rings. The molecule has 0 aliphatic carbocycles. The van der Waals surface area contributed by atoms with Crippen LogP contribution in [0.2, 0.25) is 0 Å². The third-order valence-electron chi connectivity index (χ3n) is 3.14. The number of hydrogen-bond donors (Lipinski definition) is 2. The van der Waals surface area contributed by atoms with Gasteiger partial charge in [0.25, 0.3) is 0 Å². The number of hydrogen-bond acceptors (Lipinski definition) is 6. The molecule has 116 valence electrons. The van der Waals surface area contributed by atoms with Crippen molar-refractivity contribution in [3.63, 3.8) is 0 Å². The number of nitrogens with zero attached hydrogens (tertiary/aromatic N) is 4. The summed E-state index contributed by atoms with van der Waals surface area (Å²) in [5.41, 5.74) is 2.11. The monoisotopic (exact) mass is 326 g/mol. The van der Waals surface area contributed by atoms with Crippen molar-refractivity contribution < 1.29 is 10.2 Å². The highest BCUT2D eigenvalue weighted by molar-refractivity contribution is 7.07. The molecule has 6 nitrogen and oxygen atoms in total. The predicted molar refractivity (Wildman–Crippen MR) is 89.8 cm³/mol. The Bertz CT molecular complexity index is 913. The van der Waals surface area contributed by atoms with Crippen LogP contribution in [0.4, 0.5) is 0 Å². The van der Waals surface area contributed by atoms with Crippen molar-refractivity contribution in [3.05, 3.63) is 58.5 Å². The van der Waals surface area contributed by atoms with Crippen LogP contribution in [0.5, 0.6) is 11.5 Å². The van der Waals surface area contributed by atoms with E-state index >= 15 is 0 Å². The van der Waals surface area contributed by atoms with Crippen LogP contribution in [0.1, 0.15) is 5.56 Å². The van der Waals surface area contributed by atoms with Gasteiger partial charge < -0.3 is 10.2 Å². The van der Waals surface area contributed by atoms with Gasteiger partial charge in [-0.15, -0.1) is 11.3 Å². The molecule has 0 saturated carbocycles. The van der Waals surface area contributed by atoms with Gasteiger partial charge in [-0.25, -0.2) is 4.68 Å². The summed E-state index contributed by atoms with van der Waals surface area (Å²) in [5.74, 6) is -0.0110. The summed E-state index contributed by atoms with van der Waals surface area (Å²) in [6.07, 6.45) is 5.08. The van der Waals surface area contributed by atoms with Crippen LogP contribution >= 0.6 is 11.3 Å². The molecule has 0 saturated heterocycles. The molecule has 2 heterocycles. The number of aromatic nitrogens is 2. The average molecular weight is 326 g/mol. The fourth-order valence-corrected chi connectivity index (χ4v) is 2.86. The molecule has 23 heavy (non-hydrogen) atoms. The second-order valence-electron chi connectivity index (χ2n) is 4.67. The van der Waals surface area contributed by atoms with E-state index in [-0.39, 0.29) is 11.5 Å². The molecule has 0 amide bonds. The van der Waals surface area contributed by atoms with Crippen molar-refractivity contribution in [1.82, 2.24) is 9.66 Å². The Morgan fingerprint density at radius 1 is 1.26 bits per heavy atom. The summed E-state index contributed by atoms with van der Waals surface area (Å²) in [4.78, 5) is 8.93. The van der Waals surface area contributed by atoms with E-state index in [9.17, 15) is 10.2 Å². The molecule has 0 aliphatic rings. The maximum absolute atomic E-state index is 10.1. The Balaban J connectivity index is 2.10. The highest BCUT2D eigenvalue weighted by Crippen LogP contribution is 2.32. The van der Waals surface area contributed by atoms with Gasteiger partial charge in [0.1, 0.15) is 11.5 Å². The molecule has 0 aliphatic heterocycles. The number of phenolic OH excluding ortho intramolecular Hbond substituents is 2. The topological polar surface area (TPSA) is 83.0 Å². The van der Waals surface area contributed by atoms with Crippen LogP contribution < -0.4 is 4.80 Å². The third-order valence-corrected chi connectivity index (χ3v) is 4.05. The minimum Gasteiger partial charge on any atom is -0.508 e. The standard InChI is InChI=1S/C16H14N4O2S/c1-17-16-20(19-9-11-3-2-6-18-8-11)14(10-23-16)13-5-4-12(21)7-15(13)22/h2-10,21-22H,1H3. The molecule has 0 atom stereocenters. The average Bonchev–Trinajstić information content (AvgIpc) is 2.96. The van der Waals surface area contributed by atoms with Crippen LogP contribution in [-0.2, 0) is 0 Å². The molecule has 1 aromatic carbocycles. The summed E-state index contributed by atoms with van der Waals surface area (Å²) >= 11 is 1.41. The third kappa shape index (κ3) is 3.14. The lowest BCUT2D eigenvalue weighted by Gasteiger charge is -2.06. The highest BCUT2D eigenvalue weighted by Gasteiger charge is 2.11. The van der Waals surface area contributed by atoms with Crippen molar-refractivity contribution in [2.75, 3.05) is 7.05 Å². The van der Waals surface area contributed by atoms with Gasteiger partial charge in [0.2, 0.25) is 4.80 Å². The molecule has 0 unspecified atom stereocenters. The van der Waals surface area contributed by atoms with E-state index in [0.29, 0.717) is 16.1 Å². The zero-order valence-electron chi connectivity index (χ0n) is 12.3. The first-order valence-corrected chi connectivity index (χ1v) is 7.67. The molecular weight excluding hydrogens is 312 g/mol. The minimum absolute atomic E-state index is 0.00675. The zero-order valence-corrected chi connectivity index (χ0v) is 13.1. The summed E-state index contributed by atoms with van der Waals surface area (Å²) in [7, 11) is 1.68. The van der Waals surface area contributed by atoms with Gasteiger partial charge in [0, 0.05) is 42.0 Å². The predicted octanol–water partition coefficient (Wildman–Crippen LogP) is 2.44.